The first-order valence-corrected chi connectivity index (χ1v) is 9.43. The van der Waals surface area contributed by atoms with Crippen LogP contribution in [0.15, 0.2) is 30.3 Å². The Morgan fingerprint density at radius 3 is 2.31 bits per heavy atom. The molecule has 0 heterocycles. The van der Waals surface area contributed by atoms with Gasteiger partial charge in [-0.2, -0.15) is 0 Å². The van der Waals surface area contributed by atoms with E-state index >= 15 is 0 Å². The number of aryl methyl sites for hydroxylation is 1. The van der Waals surface area contributed by atoms with Crippen molar-refractivity contribution >= 4 is 5.91 Å². The minimum atomic E-state index is -1.13. The Morgan fingerprint density at radius 1 is 1.03 bits per heavy atom. The molecular weight excluding hydrogens is 374 g/mol. The summed E-state index contributed by atoms with van der Waals surface area (Å²) in [4.78, 5) is 12.8. The molecule has 156 valence electrons. The van der Waals surface area contributed by atoms with Gasteiger partial charge in [-0.3, -0.25) is 4.79 Å². The van der Waals surface area contributed by atoms with E-state index in [0.29, 0.717) is 29.2 Å². The Bertz CT molecular complexity index is 872. The highest BCUT2D eigenvalue weighted by Crippen LogP contribution is 2.39. The van der Waals surface area contributed by atoms with Crippen molar-refractivity contribution in [1.29, 1.82) is 0 Å². The predicted molar refractivity (Wildman–Crippen MR) is 108 cm³/mol. The molecule has 3 rings (SSSR count). The molecule has 0 aromatic heterocycles. The first-order chi connectivity index (χ1) is 14.0. The molecule has 7 heteroatoms. The fraction of sp³-hybridized carbons (Fsp3) is 0.409. The third kappa shape index (κ3) is 4.10. The zero-order valence-electron chi connectivity index (χ0n) is 17.2. The lowest BCUT2D eigenvalue weighted by molar-refractivity contribution is 0.0189. The average Bonchev–Trinajstić information content (AvgIpc) is 2.76. The number of fused-ring (bicyclic) bond motifs is 1. The van der Waals surface area contributed by atoms with Crippen LogP contribution in [0.2, 0.25) is 0 Å². The SMILES string of the molecule is COc1ccc2c(c1)CCCC2(O)CNC(=O)c1cc(OC)c(OC)c(OC)c1. The largest absolute Gasteiger partial charge is 0.497 e. The molecule has 29 heavy (non-hydrogen) atoms. The lowest BCUT2D eigenvalue weighted by Gasteiger charge is -2.35. The monoisotopic (exact) mass is 401 g/mol. The Morgan fingerprint density at radius 2 is 1.72 bits per heavy atom. The Kier molecular flexibility index (Phi) is 6.17. The van der Waals surface area contributed by atoms with Crippen LogP contribution in [-0.2, 0) is 12.0 Å². The summed E-state index contributed by atoms with van der Waals surface area (Å²) in [5.41, 5.74) is 1.10. The van der Waals surface area contributed by atoms with Gasteiger partial charge in [-0.15, -0.1) is 0 Å². The second-order valence-electron chi connectivity index (χ2n) is 7.00. The molecule has 0 spiro atoms. The van der Waals surface area contributed by atoms with Crippen LogP contribution < -0.4 is 24.3 Å². The van der Waals surface area contributed by atoms with Crippen molar-refractivity contribution in [1.82, 2.24) is 5.32 Å². The maximum atomic E-state index is 12.8. The van der Waals surface area contributed by atoms with Crippen molar-refractivity contribution in [3.63, 3.8) is 0 Å². The van der Waals surface area contributed by atoms with Gasteiger partial charge in [-0.1, -0.05) is 6.07 Å². The molecule has 0 fully saturated rings. The Hall–Kier alpha value is -2.93. The highest BCUT2D eigenvalue weighted by atomic mass is 16.5. The van der Waals surface area contributed by atoms with Crippen LogP contribution in [-0.4, -0.2) is 46.0 Å². The van der Waals surface area contributed by atoms with Crippen LogP contribution in [0, 0.1) is 0 Å². The summed E-state index contributed by atoms with van der Waals surface area (Å²) in [5, 5.41) is 14.1. The van der Waals surface area contributed by atoms with E-state index in [0.717, 1.165) is 29.7 Å². The highest BCUT2D eigenvalue weighted by molar-refractivity contribution is 5.95. The van der Waals surface area contributed by atoms with Crippen LogP contribution in [0.5, 0.6) is 23.0 Å². The number of rotatable bonds is 7. The average molecular weight is 401 g/mol. The Balaban J connectivity index is 1.81. The fourth-order valence-corrected chi connectivity index (χ4v) is 3.79. The van der Waals surface area contributed by atoms with Gasteiger partial charge in [0, 0.05) is 5.56 Å². The molecule has 7 nitrogen and oxygen atoms in total. The summed E-state index contributed by atoms with van der Waals surface area (Å²) in [5.74, 6) is 1.63. The van der Waals surface area contributed by atoms with E-state index in [1.54, 1.807) is 19.2 Å². The van der Waals surface area contributed by atoms with Gasteiger partial charge in [-0.25, -0.2) is 0 Å². The molecule has 2 N–H and O–H groups in total. The van der Waals surface area contributed by atoms with Crippen molar-refractivity contribution in [2.45, 2.75) is 24.9 Å². The van der Waals surface area contributed by atoms with Gasteiger partial charge in [-0.05, 0) is 54.7 Å². The molecule has 1 aliphatic carbocycles. The summed E-state index contributed by atoms with van der Waals surface area (Å²) < 4.78 is 21.2. The van der Waals surface area contributed by atoms with Gasteiger partial charge >= 0.3 is 0 Å². The van der Waals surface area contributed by atoms with E-state index in [-0.39, 0.29) is 12.5 Å². The van der Waals surface area contributed by atoms with E-state index in [1.807, 2.05) is 18.2 Å². The summed E-state index contributed by atoms with van der Waals surface area (Å²) >= 11 is 0. The zero-order valence-corrected chi connectivity index (χ0v) is 17.2. The minimum Gasteiger partial charge on any atom is -0.497 e. The number of nitrogens with one attached hydrogen (secondary N) is 1. The molecule has 1 amide bonds. The number of carbonyl (C=O) groups is 1. The first kappa shape index (κ1) is 20.8. The number of hydrogen-bond donors (Lipinski definition) is 2. The third-order valence-corrected chi connectivity index (χ3v) is 5.32. The van der Waals surface area contributed by atoms with E-state index in [9.17, 15) is 9.90 Å². The molecule has 2 aromatic rings. The van der Waals surface area contributed by atoms with Gasteiger partial charge in [0.2, 0.25) is 5.75 Å². The maximum absolute atomic E-state index is 12.8. The molecule has 1 atom stereocenters. The molecule has 0 saturated heterocycles. The summed E-state index contributed by atoms with van der Waals surface area (Å²) in [6.45, 7) is 0.0990. The second kappa shape index (κ2) is 8.61. The standard InChI is InChI=1S/C22H27NO6/c1-26-16-7-8-17-14(10-16)6-5-9-22(17,25)13-23-21(24)15-11-18(27-2)20(29-4)19(12-15)28-3/h7-8,10-12,25H,5-6,9,13H2,1-4H3,(H,23,24). The second-order valence-corrected chi connectivity index (χ2v) is 7.00. The van der Waals surface area contributed by atoms with Gasteiger partial charge in [0.05, 0.1) is 35.0 Å². The molecule has 0 saturated carbocycles. The molecule has 1 unspecified atom stereocenters. The lowest BCUT2D eigenvalue weighted by Crippen LogP contribution is -2.43. The first-order valence-electron chi connectivity index (χ1n) is 9.43. The van der Waals surface area contributed by atoms with E-state index in [1.165, 1.54) is 21.3 Å². The van der Waals surface area contributed by atoms with Gasteiger partial charge in [0.15, 0.2) is 11.5 Å². The quantitative estimate of drug-likeness (QED) is 0.742. The minimum absolute atomic E-state index is 0.0990. The lowest BCUT2D eigenvalue weighted by atomic mass is 9.79. The fourth-order valence-electron chi connectivity index (χ4n) is 3.79. The molecule has 0 radical (unpaired) electrons. The highest BCUT2D eigenvalue weighted by Gasteiger charge is 2.35. The van der Waals surface area contributed by atoms with Crippen LogP contribution in [0.3, 0.4) is 0 Å². The number of carbonyl (C=O) groups excluding carboxylic acids is 1. The van der Waals surface area contributed by atoms with Crippen molar-refractivity contribution in [2.75, 3.05) is 35.0 Å². The van der Waals surface area contributed by atoms with Crippen molar-refractivity contribution in [3.8, 4) is 23.0 Å². The van der Waals surface area contributed by atoms with Crippen molar-refractivity contribution in [3.05, 3.63) is 47.0 Å². The Labute approximate surface area is 170 Å². The van der Waals surface area contributed by atoms with Crippen LogP contribution in [0.25, 0.3) is 0 Å². The van der Waals surface area contributed by atoms with Crippen LogP contribution in [0.1, 0.15) is 34.3 Å². The van der Waals surface area contributed by atoms with Crippen molar-refractivity contribution in [2.24, 2.45) is 0 Å². The summed E-state index contributed by atoms with van der Waals surface area (Å²) in [7, 11) is 6.11. The molecule has 2 aromatic carbocycles. The normalized spacial score (nSPS) is 17.8. The maximum Gasteiger partial charge on any atom is 0.251 e. The number of benzene rings is 2. The number of hydrogen-bond acceptors (Lipinski definition) is 6. The summed E-state index contributed by atoms with van der Waals surface area (Å²) in [6, 6.07) is 8.82. The van der Waals surface area contributed by atoms with Gasteiger partial charge in [0.1, 0.15) is 11.4 Å². The van der Waals surface area contributed by atoms with E-state index < -0.39 is 5.60 Å². The number of amides is 1. The smallest absolute Gasteiger partial charge is 0.251 e. The number of ether oxygens (including phenoxy) is 4. The predicted octanol–water partition coefficient (Wildman–Crippen LogP) is 2.67. The van der Waals surface area contributed by atoms with Gasteiger partial charge in [0.25, 0.3) is 5.91 Å². The molecule has 0 aliphatic heterocycles. The topological polar surface area (TPSA) is 86.3 Å². The number of aliphatic hydroxyl groups is 1. The number of methoxy groups -OCH3 is 4. The zero-order chi connectivity index (χ0) is 21.0. The molecular formula is C22H27NO6. The van der Waals surface area contributed by atoms with Crippen molar-refractivity contribution < 1.29 is 28.8 Å². The molecule has 1 aliphatic rings. The van der Waals surface area contributed by atoms with E-state index in [4.69, 9.17) is 18.9 Å². The van der Waals surface area contributed by atoms with E-state index in [2.05, 4.69) is 5.32 Å². The third-order valence-electron chi connectivity index (χ3n) is 5.32. The van der Waals surface area contributed by atoms with Crippen LogP contribution in [0.4, 0.5) is 0 Å². The molecule has 0 bridgehead atoms. The van der Waals surface area contributed by atoms with Gasteiger partial charge < -0.3 is 29.4 Å². The summed E-state index contributed by atoms with van der Waals surface area (Å²) in [6.07, 6.45) is 2.27. The van der Waals surface area contributed by atoms with Crippen LogP contribution >= 0.6 is 0 Å².